The fraction of sp³-hybridized carbons (Fsp3) is 0.500. The normalized spacial score (nSPS) is 23.7. The number of carbonyl (C=O) groups excluding carboxylic acids is 1. The van der Waals surface area contributed by atoms with Gasteiger partial charge in [0.2, 0.25) is 0 Å². The summed E-state index contributed by atoms with van der Waals surface area (Å²) in [5.74, 6) is -4.07. The zero-order chi connectivity index (χ0) is 18.5. The minimum atomic E-state index is -4.80. The van der Waals surface area contributed by atoms with E-state index in [1.54, 1.807) is 20.8 Å². The molecule has 1 saturated carbocycles. The Bertz CT molecular complexity index is 694. The van der Waals surface area contributed by atoms with Crippen molar-refractivity contribution < 1.29 is 32.6 Å². The van der Waals surface area contributed by atoms with E-state index in [9.17, 15) is 22.8 Å². The maximum Gasteiger partial charge on any atom is 0.399 e. The summed E-state index contributed by atoms with van der Waals surface area (Å²) in [5.41, 5.74) is -4.10. The summed E-state index contributed by atoms with van der Waals surface area (Å²) in [5, 5.41) is 9.07. The summed E-state index contributed by atoms with van der Waals surface area (Å²) in [6.07, 6.45) is -5.40. The van der Waals surface area contributed by atoms with Crippen molar-refractivity contribution >= 4 is 27.9 Å². The lowest BCUT2D eigenvalue weighted by Gasteiger charge is -2.25. The van der Waals surface area contributed by atoms with E-state index in [2.05, 4.69) is 15.9 Å². The van der Waals surface area contributed by atoms with Crippen molar-refractivity contribution in [2.45, 2.75) is 44.4 Å². The Morgan fingerprint density at radius 3 is 2.29 bits per heavy atom. The first-order chi connectivity index (χ1) is 10.8. The van der Waals surface area contributed by atoms with E-state index in [0.717, 1.165) is 6.07 Å². The quantitative estimate of drug-likeness (QED) is 0.756. The van der Waals surface area contributed by atoms with E-state index in [-0.39, 0.29) is 11.1 Å². The highest BCUT2D eigenvalue weighted by Gasteiger charge is 2.75. The van der Waals surface area contributed by atoms with Gasteiger partial charge in [-0.25, -0.2) is 4.79 Å². The lowest BCUT2D eigenvalue weighted by atomic mass is 9.88. The third-order valence-corrected chi connectivity index (χ3v) is 4.34. The number of esters is 1. The number of halogens is 4. The highest BCUT2D eigenvalue weighted by molar-refractivity contribution is 9.10. The van der Waals surface area contributed by atoms with Crippen molar-refractivity contribution in [1.29, 1.82) is 0 Å². The smallest absolute Gasteiger partial charge is 0.399 e. The van der Waals surface area contributed by atoms with Gasteiger partial charge < -0.3 is 9.84 Å². The number of rotatable bonds is 3. The lowest BCUT2D eigenvalue weighted by molar-refractivity contribution is -0.171. The number of ether oxygens (including phenoxy) is 1. The summed E-state index contributed by atoms with van der Waals surface area (Å²) in [6.45, 7) is 4.79. The summed E-state index contributed by atoms with van der Waals surface area (Å²) in [7, 11) is 0. The van der Waals surface area contributed by atoms with Gasteiger partial charge in [0.25, 0.3) is 0 Å². The number of carbonyl (C=O) groups is 2. The number of hydrogen-bond donors (Lipinski definition) is 1. The third kappa shape index (κ3) is 3.29. The molecule has 132 valence electrons. The van der Waals surface area contributed by atoms with Crippen LogP contribution in [0.15, 0.2) is 22.7 Å². The van der Waals surface area contributed by atoms with E-state index in [4.69, 9.17) is 9.84 Å². The minimum absolute atomic E-state index is 0.269. The van der Waals surface area contributed by atoms with Crippen molar-refractivity contribution in [3.8, 4) is 0 Å². The molecule has 2 atom stereocenters. The molecule has 1 aromatic carbocycles. The fourth-order valence-electron chi connectivity index (χ4n) is 2.72. The number of alkyl halides is 3. The van der Waals surface area contributed by atoms with Crippen molar-refractivity contribution in [3.05, 3.63) is 33.8 Å². The van der Waals surface area contributed by atoms with E-state index < -0.39 is 41.5 Å². The molecule has 0 aromatic heterocycles. The van der Waals surface area contributed by atoms with Crippen LogP contribution in [0.3, 0.4) is 0 Å². The summed E-state index contributed by atoms with van der Waals surface area (Å²) in [6, 6.07) is 3.79. The molecule has 1 N–H and O–H groups in total. The van der Waals surface area contributed by atoms with Crippen LogP contribution in [-0.2, 0) is 14.9 Å². The van der Waals surface area contributed by atoms with Gasteiger partial charge in [0, 0.05) is 4.47 Å². The first kappa shape index (κ1) is 18.8. The molecular weight excluding hydrogens is 393 g/mol. The molecule has 2 rings (SSSR count). The largest absolute Gasteiger partial charge is 0.481 e. The number of carboxylic acids is 1. The van der Waals surface area contributed by atoms with Crippen LogP contribution in [0.4, 0.5) is 13.2 Å². The Balaban J connectivity index is 2.59. The van der Waals surface area contributed by atoms with Crippen LogP contribution >= 0.6 is 15.9 Å². The van der Waals surface area contributed by atoms with E-state index in [1.807, 2.05) is 0 Å². The van der Waals surface area contributed by atoms with Gasteiger partial charge in [0.15, 0.2) is 0 Å². The molecule has 1 aliphatic carbocycles. The number of aliphatic carboxylic acids is 1. The Morgan fingerprint density at radius 1 is 1.29 bits per heavy atom. The van der Waals surface area contributed by atoms with E-state index in [1.165, 1.54) is 12.1 Å². The first-order valence-electron chi connectivity index (χ1n) is 7.12. The van der Waals surface area contributed by atoms with Crippen LogP contribution in [0.2, 0.25) is 0 Å². The van der Waals surface area contributed by atoms with Crippen LogP contribution in [0, 0.1) is 5.92 Å². The molecule has 0 amide bonds. The van der Waals surface area contributed by atoms with Crippen LogP contribution in [0.25, 0.3) is 0 Å². The predicted octanol–water partition coefficient (Wildman–Crippen LogP) is 4.31. The van der Waals surface area contributed by atoms with Crippen molar-refractivity contribution in [1.82, 2.24) is 0 Å². The maximum absolute atomic E-state index is 13.7. The zero-order valence-corrected chi connectivity index (χ0v) is 14.8. The van der Waals surface area contributed by atoms with Gasteiger partial charge in [-0.15, -0.1) is 0 Å². The number of benzene rings is 1. The molecule has 0 saturated heterocycles. The highest BCUT2D eigenvalue weighted by atomic mass is 79.9. The molecule has 0 bridgehead atoms. The summed E-state index contributed by atoms with van der Waals surface area (Å²) >= 11 is 3.08. The minimum Gasteiger partial charge on any atom is -0.481 e. The number of carboxylic acid groups (broad SMARTS) is 1. The molecule has 0 aliphatic heterocycles. The summed E-state index contributed by atoms with van der Waals surface area (Å²) < 4.78 is 46.5. The van der Waals surface area contributed by atoms with Crippen molar-refractivity contribution in [3.63, 3.8) is 0 Å². The predicted molar refractivity (Wildman–Crippen MR) is 82.8 cm³/mol. The summed E-state index contributed by atoms with van der Waals surface area (Å²) in [4.78, 5) is 23.5. The number of hydrogen-bond acceptors (Lipinski definition) is 3. The SMILES string of the molecule is CC(C)(C)OC(=O)c1ccc(Br)cc1C1(C(F)(F)F)CC1C(=O)O. The van der Waals surface area contributed by atoms with Gasteiger partial charge in [-0.05, 0) is 51.0 Å². The second-order valence-electron chi connectivity index (χ2n) is 6.76. The topological polar surface area (TPSA) is 63.6 Å². The average molecular weight is 409 g/mol. The molecule has 0 radical (unpaired) electrons. The first-order valence-corrected chi connectivity index (χ1v) is 7.92. The second kappa shape index (κ2) is 5.75. The van der Waals surface area contributed by atoms with Gasteiger partial charge in [-0.2, -0.15) is 13.2 Å². The molecule has 0 spiro atoms. The van der Waals surface area contributed by atoms with E-state index in [0.29, 0.717) is 4.47 Å². The average Bonchev–Trinajstić information content (AvgIpc) is 3.12. The Labute approximate surface area is 145 Å². The van der Waals surface area contributed by atoms with Gasteiger partial charge in [0.05, 0.1) is 11.5 Å². The van der Waals surface area contributed by atoms with Gasteiger partial charge in [-0.3, -0.25) is 4.79 Å². The molecule has 0 heterocycles. The molecular formula is C16H16BrF3O4. The van der Waals surface area contributed by atoms with Crippen LogP contribution in [0.5, 0.6) is 0 Å². The van der Waals surface area contributed by atoms with Crippen molar-refractivity contribution in [2.75, 3.05) is 0 Å². The van der Waals surface area contributed by atoms with Crippen LogP contribution in [-0.4, -0.2) is 28.8 Å². The Kier molecular flexibility index (Phi) is 4.50. The Hall–Kier alpha value is -1.57. The van der Waals surface area contributed by atoms with Crippen LogP contribution < -0.4 is 0 Å². The molecule has 24 heavy (non-hydrogen) atoms. The zero-order valence-electron chi connectivity index (χ0n) is 13.2. The second-order valence-corrected chi connectivity index (χ2v) is 7.67. The molecule has 1 aliphatic rings. The van der Waals surface area contributed by atoms with Gasteiger partial charge >= 0.3 is 18.1 Å². The molecule has 1 fully saturated rings. The molecule has 1 aromatic rings. The lowest BCUT2D eigenvalue weighted by Crippen LogP contribution is -2.35. The fourth-order valence-corrected chi connectivity index (χ4v) is 3.08. The van der Waals surface area contributed by atoms with Crippen molar-refractivity contribution in [2.24, 2.45) is 5.92 Å². The van der Waals surface area contributed by atoms with Gasteiger partial charge in [0.1, 0.15) is 11.0 Å². The molecule has 4 nitrogen and oxygen atoms in total. The monoisotopic (exact) mass is 408 g/mol. The standard InChI is InChI=1S/C16H16BrF3O4/c1-14(2,3)24-13(23)9-5-4-8(17)6-10(9)15(16(18,19)20)7-11(15)12(21)22/h4-6,11H,7H2,1-3H3,(H,21,22). The maximum atomic E-state index is 13.7. The highest BCUT2D eigenvalue weighted by Crippen LogP contribution is 2.64. The molecule has 8 heteroatoms. The van der Waals surface area contributed by atoms with Gasteiger partial charge in [-0.1, -0.05) is 15.9 Å². The molecule has 2 unspecified atom stereocenters. The van der Waals surface area contributed by atoms with E-state index >= 15 is 0 Å². The van der Waals surface area contributed by atoms with Crippen LogP contribution in [0.1, 0.15) is 43.1 Å². The Morgan fingerprint density at radius 2 is 1.88 bits per heavy atom. The third-order valence-electron chi connectivity index (χ3n) is 3.85.